The van der Waals surface area contributed by atoms with Crippen molar-refractivity contribution in [2.24, 2.45) is 0 Å². The van der Waals surface area contributed by atoms with Gasteiger partial charge in [0.2, 0.25) is 0 Å². The van der Waals surface area contributed by atoms with Crippen molar-refractivity contribution in [3.8, 4) is 5.75 Å². The van der Waals surface area contributed by atoms with Crippen LogP contribution >= 0.6 is 0 Å². The molecule has 15 heavy (non-hydrogen) atoms. The highest BCUT2D eigenvalue weighted by atomic mass is 16.3. The summed E-state index contributed by atoms with van der Waals surface area (Å²) in [7, 11) is 0. The smallest absolute Gasteiger partial charge is 0.120 e. The summed E-state index contributed by atoms with van der Waals surface area (Å²) in [6.45, 7) is 3.25. The Hall–Kier alpha value is -1.02. The van der Waals surface area contributed by atoms with Gasteiger partial charge in [-0.1, -0.05) is 31.0 Å². The van der Waals surface area contributed by atoms with Gasteiger partial charge < -0.3 is 5.11 Å². The van der Waals surface area contributed by atoms with Crippen molar-refractivity contribution in [2.75, 3.05) is 13.1 Å². The summed E-state index contributed by atoms with van der Waals surface area (Å²) in [6, 6.07) is 7.65. The summed E-state index contributed by atoms with van der Waals surface area (Å²) in [5.74, 6) is 0.432. The number of phenols is 1. The van der Waals surface area contributed by atoms with Crippen molar-refractivity contribution in [2.45, 2.75) is 32.2 Å². The summed E-state index contributed by atoms with van der Waals surface area (Å²) >= 11 is 0. The van der Waals surface area contributed by atoms with Crippen LogP contribution in [0.3, 0.4) is 0 Å². The number of aromatic hydroxyl groups is 1. The van der Waals surface area contributed by atoms with Gasteiger partial charge in [-0.25, -0.2) is 0 Å². The molecule has 2 rings (SSSR count). The van der Waals surface area contributed by atoms with Crippen LogP contribution in [0.25, 0.3) is 0 Å². The molecule has 1 aliphatic rings. The van der Waals surface area contributed by atoms with E-state index in [0.29, 0.717) is 5.75 Å². The van der Waals surface area contributed by atoms with Crippen LogP contribution in [0.15, 0.2) is 24.3 Å². The molecular formula is C13H19NO. The zero-order chi connectivity index (χ0) is 10.5. The Morgan fingerprint density at radius 2 is 1.67 bits per heavy atom. The third-order valence-corrected chi connectivity index (χ3v) is 3.08. The molecule has 1 heterocycles. The van der Waals surface area contributed by atoms with E-state index < -0.39 is 0 Å². The van der Waals surface area contributed by atoms with Crippen molar-refractivity contribution < 1.29 is 5.11 Å². The molecule has 0 radical (unpaired) electrons. The summed E-state index contributed by atoms with van der Waals surface area (Å²) in [5.41, 5.74) is 1.06. The van der Waals surface area contributed by atoms with E-state index >= 15 is 0 Å². The molecule has 2 heteroatoms. The number of hydrogen-bond acceptors (Lipinski definition) is 2. The molecule has 0 saturated carbocycles. The highest BCUT2D eigenvalue weighted by Gasteiger charge is 2.10. The second-order valence-corrected chi connectivity index (χ2v) is 4.32. The lowest BCUT2D eigenvalue weighted by Crippen LogP contribution is -2.23. The fourth-order valence-electron chi connectivity index (χ4n) is 2.18. The fraction of sp³-hybridized carbons (Fsp3) is 0.538. The summed E-state index contributed by atoms with van der Waals surface area (Å²) in [5, 5.41) is 9.68. The van der Waals surface area contributed by atoms with Gasteiger partial charge in [-0.2, -0.15) is 0 Å². The van der Waals surface area contributed by atoms with Gasteiger partial charge in [0.1, 0.15) is 5.75 Å². The van der Waals surface area contributed by atoms with E-state index in [-0.39, 0.29) is 0 Å². The van der Waals surface area contributed by atoms with Crippen LogP contribution in [0, 0.1) is 0 Å². The molecule has 0 aliphatic carbocycles. The number of hydrogen-bond donors (Lipinski definition) is 1. The molecule has 1 aromatic rings. The minimum atomic E-state index is 0.432. The van der Waals surface area contributed by atoms with Gasteiger partial charge in [-0.15, -0.1) is 0 Å². The SMILES string of the molecule is Oc1ccccc1CN1CCCCCC1. The Labute approximate surface area is 91.5 Å². The molecule has 0 spiro atoms. The van der Waals surface area contributed by atoms with E-state index in [4.69, 9.17) is 0 Å². The zero-order valence-electron chi connectivity index (χ0n) is 9.15. The number of nitrogens with zero attached hydrogens (tertiary/aromatic N) is 1. The minimum absolute atomic E-state index is 0.432. The maximum absolute atomic E-state index is 9.68. The lowest BCUT2D eigenvalue weighted by molar-refractivity contribution is 0.273. The molecule has 0 atom stereocenters. The van der Waals surface area contributed by atoms with Gasteiger partial charge in [0.05, 0.1) is 0 Å². The Bertz CT molecular complexity index is 303. The molecule has 0 aromatic heterocycles. The lowest BCUT2D eigenvalue weighted by Gasteiger charge is -2.20. The average Bonchev–Trinajstić information content (AvgIpc) is 2.50. The third-order valence-electron chi connectivity index (χ3n) is 3.08. The summed E-state index contributed by atoms with van der Waals surface area (Å²) in [4.78, 5) is 2.45. The van der Waals surface area contributed by atoms with Crippen LogP contribution in [0.5, 0.6) is 5.75 Å². The molecule has 1 aliphatic heterocycles. The number of para-hydroxylation sites is 1. The van der Waals surface area contributed by atoms with Crippen molar-refractivity contribution in [3.05, 3.63) is 29.8 Å². The van der Waals surface area contributed by atoms with Gasteiger partial charge in [-0.3, -0.25) is 4.90 Å². The normalized spacial score (nSPS) is 18.7. The standard InChI is InChI=1S/C13H19NO/c15-13-8-4-3-7-12(13)11-14-9-5-1-2-6-10-14/h3-4,7-8,15H,1-2,5-6,9-11H2. The monoisotopic (exact) mass is 205 g/mol. The summed E-state index contributed by atoms with van der Waals surface area (Å²) in [6.07, 6.45) is 5.32. The van der Waals surface area contributed by atoms with Crippen molar-refractivity contribution in [1.29, 1.82) is 0 Å². The zero-order valence-corrected chi connectivity index (χ0v) is 9.15. The van der Waals surface area contributed by atoms with Gasteiger partial charge >= 0.3 is 0 Å². The number of benzene rings is 1. The van der Waals surface area contributed by atoms with E-state index in [9.17, 15) is 5.11 Å². The van der Waals surface area contributed by atoms with Crippen LogP contribution in [0.4, 0.5) is 0 Å². The van der Waals surface area contributed by atoms with Gasteiger partial charge in [-0.05, 0) is 32.0 Å². The minimum Gasteiger partial charge on any atom is -0.508 e. The Morgan fingerprint density at radius 3 is 2.33 bits per heavy atom. The lowest BCUT2D eigenvalue weighted by atomic mass is 10.2. The number of likely N-dealkylation sites (tertiary alicyclic amines) is 1. The largest absolute Gasteiger partial charge is 0.508 e. The van der Waals surface area contributed by atoms with Crippen LogP contribution in [-0.2, 0) is 6.54 Å². The van der Waals surface area contributed by atoms with Crippen LogP contribution in [-0.4, -0.2) is 23.1 Å². The molecule has 82 valence electrons. The number of phenolic OH excluding ortho intramolecular Hbond substituents is 1. The van der Waals surface area contributed by atoms with Crippen molar-refractivity contribution >= 4 is 0 Å². The molecule has 0 amide bonds. The molecule has 0 unspecified atom stereocenters. The maximum atomic E-state index is 9.68. The molecular weight excluding hydrogens is 186 g/mol. The Balaban J connectivity index is 1.98. The number of rotatable bonds is 2. The molecule has 0 bridgehead atoms. The molecule has 1 N–H and O–H groups in total. The van der Waals surface area contributed by atoms with E-state index in [1.165, 1.54) is 38.8 Å². The van der Waals surface area contributed by atoms with Gasteiger partial charge in [0, 0.05) is 12.1 Å². The van der Waals surface area contributed by atoms with Crippen LogP contribution in [0.2, 0.25) is 0 Å². The molecule has 2 nitrogen and oxygen atoms in total. The average molecular weight is 205 g/mol. The van der Waals surface area contributed by atoms with E-state index in [1.54, 1.807) is 6.07 Å². The molecule has 1 fully saturated rings. The highest BCUT2D eigenvalue weighted by Crippen LogP contribution is 2.19. The third kappa shape index (κ3) is 2.96. The first-order valence-corrected chi connectivity index (χ1v) is 5.85. The van der Waals surface area contributed by atoms with E-state index in [2.05, 4.69) is 4.90 Å². The van der Waals surface area contributed by atoms with Crippen LogP contribution < -0.4 is 0 Å². The predicted octanol–water partition coefficient (Wildman–Crippen LogP) is 2.77. The molecule has 1 saturated heterocycles. The quantitative estimate of drug-likeness (QED) is 0.802. The second kappa shape index (κ2) is 5.17. The van der Waals surface area contributed by atoms with Crippen molar-refractivity contribution in [1.82, 2.24) is 4.90 Å². The van der Waals surface area contributed by atoms with E-state index in [0.717, 1.165) is 12.1 Å². The second-order valence-electron chi connectivity index (χ2n) is 4.32. The van der Waals surface area contributed by atoms with Crippen LogP contribution in [0.1, 0.15) is 31.2 Å². The van der Waals surface area contributed by atoms with E-state index in [1.807, 2.05) is 18.2 Å². The summed E-state index contributed by atoms with van der Waals surface area (Å²) < 4.78 is 0. The first-order chi connectivity index (χ1) is 7.36. The maximum Gasteiger partial charge on any atom is 0.120 e. The fourth-order valence-corrected chi connectivity index (χ4v) is 2.18. The first kappa shape index (κ1) is 10.5. The Kier molecular flexibility index (Phi) is 3.62. The van der Waals surface area contributed by atoms with Crippen molar-refractivity contribution in [3.63, 3.8) is 0 Å². The first-order valence-electron chi connectivity index (χ1n) is 5.85. The molecule has 1 aromatic carbocycles. The topological polar surface area (TPSA) is 23.5 Å². The Morgan fingerprint density at radius 1 is 1.00 bits per heavy atom. The predicted molar refractivity (Wildman–Crippen MR) is 61.9 cm³/mol. The highest BCUT2D eigenvalue weighted by molar-refractivity contribution is 5.31. The van der Waals surface area contributed by atoms with Gasteiger partial charge in [0.25, 0.3) is 0 Å². The van der Waals surface area contributed by atoms with Gasteiger partial charge in [0.15, 0.2) is 0 Å².